The standard InChI is InChI=1S/C51H37N5Si/c52-50(37-19-18-26-41(35-37)57(38-20-4-1-5-21-38,39-22-6-2-7-23-39)40-24-8-3-9-25-40)54-51(56-48-33-16-12-29-44(48)45-30-13-17-34-49(45)56)53-36-55-46-31-14-10-27-42(46)43-28-11-15-32-47(43)55/h1-36,52H/i1D,2D,4D,5D,6D,7D,10D,12D,14D,16D,18D,19D,20D,21D,22D,26D,27D,29D,31D,33D,35D. The van der Waals surface area contributed by atoms with E-state index in [2.05, 4.69) is 4.99 Å². The zero-order valence-electron chi connectivity index (χ0n) is 50.4. The fraction of sp³-hybridized carbons (Fsp3) is 0. The van der Waals surface area contributed by atoms with E-state index < -0.39 is 162 Å². The molecule has 5 nitrogen and oxygen atoms in total. The van der Waals surface area contributed by atoms with Crippen molar-refractivity contribution in [1.82, 2.24) is 9.13 Å². The van der Waals surface area contributed by atoms with Gasteiger partial charge < -0.3 is 0 Å². The lowest BCUT2D eigenvalue weighted by Gasteiger charge is -2.34. The number of hydrogen-bond acceptors (Lipinski definition) is 1. The number of para-hydroxylation sites is 4. The number of amidine groups is 1. The van der Waals surface area contributed by atoms with E-state index in [0.717, 1.165) is 12.4 Å². The minimum absolute atomic E-state index is 0.00153. The van der Waals surface area contributed by atoms with E-state index in [0.29, 0.717) is 10.9 Å². The molecule has 0 aliphatic heterocycles. The predicted octanol–water partition coefficient (Wildman–Crippen LogP) is 9.09. The first-order chi connectivity index (χ1) is 36.9. The average molecular weight is 769 g/mol. The van der Waals surface area contributed by atoms with Gasteiger partial charge in [-0.25, -0.2) is 4.99 Å². The van der Waals surface area contributed by atoms with Crippen LogP contribution in [0.1, 0.15) is 34.3 Å². The molecule has 2 heterocycles. The topological polar surface area (TPSA) is 58.4 Å². The third kappa shape index (κ3) is 5.74. The van der Waals surface area contributed by atoms with E-state index in [9.17, 15) is 16.4 Å². The molecule has 6 heteroatoms. The molecule has 0 aliphatic rings. The molecule has 10 aromatic rings. The first-order valence-corrected chi connectivity index (χ1v) is 19.4. The summed E-state index contributed by atoms with van der Waals surface area (Å²) in [5, 5.41) is 9.08. The molecular weight excluding hydrogens is 711 g/mol. The molecule has 1 unspecified atom stereocenters. The lowest BCUT2D eigenvalue weighted by atomic mass is 10.2. The Labute approximate surface area is 361 Å². The highest BCUT2D eigenvalue weighted by Crippen LogP contribution is 2.30. The van der Waals surface area contributed by atoms with Gasteiger partial charge in [0.15, 0.2) is 13.9 Å². The predicted molar refractivity (Wildman–Crippen MR) is 242 cm³/mol. The Morgan fingerprint density at radius 1 is 0.491 bits per heavy atom. The molecular formula is C51H37N5Si. The van der Waals surface area contributed by atoms with Crippen molar-refractivity contribution >= 4 is 90.6 Å². The van der Waals surface area contributed by atoms with Crippen LogP contribution in [0.15, 0.2) is 222 Å². The maximum Gasteiger partial charge on any atom is 0.238 e. The molecule has 0 saturated heterocycles. The number of aliphatic imine (C=N–C) groups is 2. The molecule has 270 valence electrons. The molecule has 0 fully saturated rings. The summed E-state index contributed by atoms with van der Waals surface area (Å²) in [6.45, 7) is 0. The highest BCUT2D eigenvalue weighted by Gasteiger charge is 2.41. The Hall–Kier alpha value is -7.41. The van der Waals surface area contributed by atoms with Gasteiger partial charge >= 0.3 is 0 Å². The molecule has 0 amide bonds. The second-order valence-electron chi connectivity index (χ2n) is 12.6. The SMILES string of the molecule is [2H]c1cc([Si](c2ccccc2)(c2c([2H])c([2H])c([2H])c([2H])c2[2H])c2c([2H])c([2H])c([2H])c(C(=N)N=C(N=Cn3c4ccccc4c4c([2H])c([2H])c([2H])c([2H])c43)n3c4ccccc4c4c([2H])c([2H])c([2H])c([2H])c43)c2[2H])c([2H])c([2H])c1[2H]. The van der Waals surface area contributed by atoms with Gasteiger partial charge in [0, 0.05) is 27.1 Å². The number of hydrogen-bond donors (Lipinski definition) is 1. The monoisotopic (exact) mass is 768 g/mol. The van der Waals surface area contributed by atoms with Crippen molar-refractivity contribution in [2.45, 2.75) is 0 Å². The number of rotatable bonds is 6. The normalized spacial score (nSPS) is 18.3. The van der Waals surface area contributed by atoms with Crippen LogP contribution in [0.3, 0.4) is 0 Å². The summed E-state index contributed by atoms with van der Waals surface area (Å²) in [5.74, 6) is -1.64. The first kappa shape index (κ1) is 18.5. The Kier molecular flexibility index (Phi) is 4.65. The van der Waals surface area contributed by atoms with Gasteiger partial charge in [0.2, 0.25) is 5.96 Å². The lowest BCUT2D eigenvalue weighted by Crippen LogP contribution is -2.74. The quantitative estimate of drug-likeness (QED) is 0.0760. The van der Waals surface area contributed by atoms with Gasteiger partial charge in [-0.05, 0) is 45.0 Å². The third-order valence-corrected chi connectivity index (χ3v) is 13.9. The minimum Gasteiger partial charge on any atom is -0.300 e. The molecule has 2 aromatic heterocycles. The Bertz CT molecular complexity index is 4350. The smallest absolute Gasteiger partial charge is 0.238 e. The van der Waals surface area contributed by atoms with E-state index in [1.807, 2.05) is 0 Å². The Balaban J connectivity index is 1.37. The van der Waals surface area contributed by atoms with Gasteiger partial charge in [0.1, 0.15) is 6.34 Å². The van der Waals surface area contributed by atoms with Crippen LogP contribution in [0.25, 0.3) is 43.6 Å². The molecule has 0 aliphatic carbocycles. The summed E-state index contributed by atoms with van der Waals surface area (Å²) in [6.07, 6.45) is 1.12. The van der Waals surface area contributed by atoms with Crippen molar-refractivity contribution < 1.29 is 28.8 Å². The maximum absolute atomic E-state index is 10.2. The Morgan fingerprint density at radius 2 is 1.09 bits per heavy atom. The zero-order valence-corrected chi connectivity index (χ0v) is 30.4. The van der Waals surface area contributed by atoms with E-state index in [1.165, 1.54) is 39.5 Å². The summed E-state index contributed by atoms with van der Waals surface area (Å²) in [7, 11) is -5.26. The second kappa shape index (κ2) is 14.3. The van der Waals surface area contributed by atoms with Gasteiger partial charge in [-0.15, -0.1) is 0 Å². The van der Waals surface area contributed by atoms with Gasteiger partial charge in [-0.2, -0.15) is 4.99 Å². The summed E-state index contributed by atoms with van der Waals surface area (Å²) in [6, 6.07) is 6.12. The molecule has 1 N–H and O–H groups in total. The van der Waals surface area contributed by atoms with Crippen LogP contribution >= 0.6 is 0 Å². The fourth-order valence-corrected chi connectivity index (χ4v) is 11.2. The molecule has 57 heavy (non-hydrogen) atoms. The van der Waals surface area contributed by atoms with Crippen LogP contribution in [-0.4, -0.2) is 35.3 Å². The molecule has 10 rings (SSSR count). The van der Waals surface area contributed by atoms with E-state index in [4.69, 9.17) is 22.8 Å². The van der Waals surface area contributed by atoms with Gasteiger partial charge in [0.25, 0.3) is 0 Å². The molecule has 8 aromatic carbocycles. The van der Waals surface area contributed by atoms with Crippen LogP contribution in [0.5, 0.6) is 0 Å². The molecule has 0 bridgehead atoms. The number of nitrogens with zero attached hydrogens (tertiary/aromatic N) is 4. The molecule has 1 atom stereocenters. The van der Waals surface area contributed by atoms with Crippen LogP contribution in [0.2, 0.25) is 0 Å². The van der Waals surface area contributed by atoms with Gasteiger partial charge in [-0.3, -0.25) is 14.5 Å². The van der Waals surface area contributed by atoms with Crippen LogP contribution in [0, 0.1) is 5.41 Å². The van der Waals surface area contributed by atoms with Crippen molar-refractivity contribution in [2.24, 2.45) is 9.98 Å². The van der Waals surface area contributed by atoms with Crippen LogP contribution < -0.4 is 20.7 Å². The Morgan fingerprint density at radius 3 is 1.88 bits per heavy atom. The molecule has 0 saturated carbocycles. The van der Waals surface area contributed by atoms with Crippen molar-refractivity contribution in [1.29, 1.82) is 5.41 Å². The third-order valence-electron chi connectivity index (χ3n) is 9.62. The highest BCUT2D eigenvalue weighted by atomic mass is 28.3. The van der Waals surface area contributed by atoms with Crippen molar-refractivity contribution in [3.05, 3.63) is 217 Å². The number of fused-ring (bicyclic) bond motifs is 6. The summed E-state index contributed by atoms with van der Waals surface area (Å²) >= 11 is 0. The lowest BCUT2D eigenvalue weighted by molar-refractivity contribution is 1.21. The number of aromatic nitrogens is 2. The number of benzene rings is 8. The molecule has 0 radical (unpaired) electrons. The highest BCUT2D eigenvalue weighted by molar-refractivity contribution is 7.19. The van der Waals surface area contributed by atoms with E-state index in [-0.39, 0.29) is 43.9 Å². The first-order valence-electron chi connectivity index (χ1n) is 27.9. The molecule has 0 spiro atoms. The second-order valence-corrected chi connectivity index (χ2v) is 16.3. The van der Waals surface area contributed by atoms with Crippen molar-refractivity contribution in [3.63, 3.8) is 0 Å². The summed E-state index contributed by atoms with van der Waals surface area (Å²) in [5.41, 5.74) is -0.566. The van der Waals surface area contributed by atoms with E-state index in [1.54, 1.807) is 48.5 Å². The zero-order chi connectivity index (χ0) is 56.5. The van der Waals surface area contributed by atoms with Gasteiger partial charge in [0.05, 0.1) is 50.9 Å². The van der Waals surface area contributed by atoms with Crippen molar-refractivity contribution in [3.8, 4) is 0 Å². The van der Waals surface area contributed by atoms with Crippen molar-refractivity contribution in [2.75, 3.05) is 0 Å². The van der Waals surface area contributed by atoms with Gasteiger partial charge in [-0.1, -0.05) is 188 Å². The average Bonchev–Trinajstić information content (AvgIpc) is 3.79. The minimum atomic E-state index is -5.26. The van der Waals surface area contributed by atoms with Crippen LogP contribution in [-0.2, 0) is 0 Å². The maximum atomic E-state index is 10.2. The number of nitrogens with one attached hydrogen (secondary N) is 1. The van der Waals surface area contributed by atoms with Crippen LogP contribution in [0.4, 0.5) is 0 Å². The fourth-order valence-electron chi connectivity index (χ4n) is 7.19. The van der Waals surface area contributed by atoms with E-state index >= 15 is 0 Å². The summed E-state index contributed by atoms with van der Waals surface area (Å²) in [4.78, 5) is 9.35. The largest absolute Gasteiger partial charge is 0.300 e. The summed E-state index contributed by atoms with van der Waals surface area (Å²) < 4.78 is 192.